The van der Waals surface area contributed by atoms with E-state index in [2.05, 4.69) is 10.4 Å². The first-order chi connectivity index (χ1) is 18.8. The molecule has 0 saturated carbocycles. The van der Waals surface area contributed by atoms with Gasteiger partial charge in [0.25, 0.3) is 5.91 Å². The normalized spacial score (nSPS) is 10.8. The van der Waals surface area contributed by atoms with Gasteiger partial charge in [-0.2, -0.15) is 9.78 Å². The maximum absolute atomic E-state index is 15.0. The van der Waals surface area contributed by atoms with Crippen molar-refractivity contribution in [3.8, 4) is 34.0 Å². The smallest absolute Gasteiger partial charge is 0.309 e. The fraction of sp³-hybridized carbons (Fsp3) is 0.0645. The topological polar surface area (TPSA) is 73.2 Å². The molecule has 5 aromatic rings. The van der Waals surface area contributed by atoms with Crippen LogP contribution in [0.1, 0.15) is 22.8 Å². The summed E-state index contributed by atoms with van der Waals surface area (Å²) in [6, 6.07) is 25.8. The quantitative estimate of drug-likeness (QED) is 0.244. The van der Waals surface area contributed by atoms with Gasteiger partial charge in [-0.3, -0.25) is 9.59 Å². The Kier molecular flexibility index (Phi) is 7.01. The summed E-state index contributed by atoms with van der Waals surface area (Å²) in [7, 11) is 0. The molecule has 8 heteroatoms. The zero-order valence-corrected chi connectivity index (χ0v) is 21.1. The molecule has 4 aromatic carbocycles. The van der Waals surface area contributed by atoms with Gasteiger partial charge < -0.3 is 10.1 Å². The van der Waals surface area contributed by atoms with Gasteiger partial charge in [-0.25, -0.2) is 8.78 Å². The van der Waals surface area contributed by atoms with E-state index >= 15 is 0 Å². The largest absolute Gasteiger partial charge is 0.407 e. The minimum absolute atomic E-state index is 0.126. The Bertz CT molecular complexity index is 1680. The molecule has 0 aliphatic heterocycles. The van der Waals surface area contributed by atoms with Gasteiger partial charge in [0.05, 0.1) is 11.3 Å². The van der Waals surface area contributed by atoms with E-state index in [1.54, 1.807) is 42.5 Å². The molecule has 0 saturated heterocycles. The molecule has 39 heavy (non-hydrogen) atoms. The van der Waals surface area contributed by atoms with E-state index in [0.29, 0.717) is 22.5 Å². The van der Waals surface area contributed by atoms with Crippen LogP contribution in [0.4, 0.5) is 14.5 Å². The Balaban J connectivity index is 1.62. The van der Waals surface area contributed by atoms with Crippen molar-refractivity contribution in [2.75, 3.05) is 5.32 Å². The number of ether oxygens (including phenoxy) is 1. The number of aryl methyl sites for hydroxylation is 1. The summed E-state index contributed by atoms with van der Waals surface area (Å²) < 4.78 is 35.7. The van der Waals surface area contributed by atoms with E-state index in [1.165, 1.54) is 35.9 Å². The highest BCUT2D eigenvalue weighted by atomic mass is 19.1. The van der Waals surface area contributed by atoms with Crippen LogP contribution in [0.25, 0.3) is 28.1 Å². The van der Waals surface area contributed by atoms with E-state index in [1.807, 2.05) is 31.2 Å². The summed E-state index contributed by atoms with van der Waals surface area (Å²) in [6.45, 7) is 3.23. The van der Waals surface area contributed by atoms with Gasteiger partial charge in [0, 0.05) is 23.7 Å². The van der Waals surface area contributed by atoms with E-state index in [9.17, 15) is 18.4 Å². The molecule has 0 atom stereocenters. The third kappa shape index (κ3) is 5.45. The fourth-order valence-electron chi connectivity index (χ4n) is 4.15. The van der Waals surface area contributed by atoms with Gasteiger partial charge in [0.15, 0.2) is 0 Å². The van der Waals surface area contributed by atoms with Crippen LogP contribution in [0.2, 0.25) is 0 Å². The predicted molar refractivity (Wildman–Crippen MR) is 145 cm³/mol. The monoisotopic (exact) mass is 523 g/mol. The molecule has 5 rings (SSSR count). The lowest BCUT2D eigenvalue weighted by Gasteiger charge is -2.11. The van der Waals surface area contributed by atoms with Gasteiger partial charge in [-0.05, 0) is 67.1 Å². The lowest BCUT2D eigenvalue weighted by Crippen LogP contribution is -2.11. The number of carbonyl (C=O) groups excluding carboxylic acids is 2. The Morgan fingerprint density at radius 3 is 2.26 bits per heavy atom. The van der Waals surface area contributed by atoms with Crippen LogP contribution >= 0.6 is 0 Å². The summed E-state index contributed by atoms with van der Waals surface area (Å²) in [5.41, 5.74) is 3.78. The maximum Gasteiger partial charge on any atom is 0.309 e. The number of nitrogens with zero attached hydrogens (tertiary/aromatic N) is 2. The van der Waals surface area contributed by atoms with Crippen LogP contribution < -0.4 is 10.1 Å². The average molecular weight is 524 g/mol. The predicted octanol–water partition coefficient (Wildman–Crippen LogP) is 6.97. The molecule has 1 amide bonds. The number of hydrogen-bond donors (Lipinski definition) is 1. The van der Waals surface area contributed by atoms with Gasteiger partial charge in [-0.15, -0.1) is 0 Å². The van der Waals surface area contributed by atoms with Crippen LogP contribution in [0.15, 0.2) is 97.1 Å². The Morgan fingerprint density at radius 2 is 1.59 bits per heavy atom. The molecule has 0 fully saturated rings. The molecule has 1 N–H and O–H groups in total. The number of benzene rings is 4. The number of nitrogens with one attached hydrogen (secondary N) is 1. The molecule has 194 valence electrons. The minimum atomic E-state index is -0.566. The van der Waals surface area contributed by atoms with Crippen molar-refractivity contribution < 1.29 is 23.1 Å². The number of hydrogen-bond acceptors (Lipinski definition) is 4. The minimum Gasteiger partial charge on any atom is -0.407 e. The summed E-state index contributed by atoms with van der Waals surface area (Å²) in [6.07, 6.45) is 0. The first-order valence-corrected chi connectivity index (χ1v) is 12.1. The van der Waals surface area contributed by atoms with Crippen LogP contribution in [-0.4, -0.2) is 21.7 Å². The first kappa shape index (κ1) is 25.5. The number of halogens is 2. The van der Waals surface area contributed by atoms with Gasteiger partial charge in [0.2, 0.25) is 5.88 Å². The van der Waals surface area contributed by atoms with Crippen molar-refractivity contribution >= 4 is 17.6 Å². The molecule has 6 nitrogen and oxygen atoms in total. The van der Waals surface area contributed by atoms with Crippen molar-refractivity contribution in [1.29, 1.82) is 0 Å². The highest BCUT2D eigenvalue weighted by molar-refractivity contribution is 6.04. The van der Waals surface area contributed by atoms with E-state index in [4.69, 9.17) is 4.74 Å². The first-order valence-electron chi connectivity index (χ1n) is 12.1. The number of amides is 1. The van der Waals surface area contributed by atoms with Crippen molar-refractivity contribution in [2.24, 2.45) is 0 Å². The van der Waals surface area contributed by atoms with Gasteiger partial charge >= 0.3 is 5.97 Å². The number of anilines is 1. The van der Waals surface area contributed by atoms with Crippen LogP contribution in [0.3, 0.4) is 0 Å². The summed E-state index contributed by atoms with van der Waals surface area (Å²) in [5, 5.41) is 7.41. The fourth-order valence-corrected chi connectivity index (χ4v) is 4.15. The molecule has 1 aromatic heterocycles. The SMILES string of the molecule is CC(=O)Oc1c(-c2ccc(NC(=O)c3cccc(F)c3)cc2)c(-c2ccccc2F)nn1-c1ccc(C)cc1. The molecular weight excluding hydrogens is 500 g/mol. The Labute approximate surface area is 223 Å². The second-order valence-corrected chi connectivity index (χ2v) is 8.89. The lowest BCUT2D eigenvalue weighted by atomic mass is 10.0. The summed E-state index contributed by atoms with van der Waals surface area (Å²) >= 11 is 0. The molecule has 0 aliphatic rings. The lowest BCUT2D eigenvalue weighted by molar-refractivity contribution is -0.132. The highest BCUT2D eigenvalue weighted by Gasteiger charge is 2.26. The number of carbonyl (C=O) groups is 2. The molecular formula is C31H23F2N3O3. The van der Waals surface area contributed by atoms with Gasteiger partial charge in [0.1, 0.15) is 17.3 Å². The molecule has 0 aliphatic carbocycles. The zero-order valence-electron chi connectivity index (χ0n) is 21.1. The van der Waals surface area contributed by atoms with Crippen molar-refractivity contribution in [2.45, 2.75) is 13.8 Å². The standard InChI is InChI=1S/C31H23F2N3O3/c1-19-10-16-25(17-11-19)36-31(39-20(2)37)28(29(35-36)26-8-3-4-9-27(26)33)21-12-14-24(15-13-21)34-30(38)22-6-5-7-23(32)18-22/h3-18H,1-2H3,(H,34,38). The van der Waals surface area contributed by atoms with Crippen LogP contribution in [0, 0.1) is 18.6 Å². The van der Waals surface area contributed by atoms with Gasteiger partial charge in [-0.1, -0.05) is 48.0 Å². The van der Waals surface area contributed by atoms with Crippen LogP contribution in [-0.2, 0) is 4.79 Å². The average Bonchev–Trinajstić information content (AvgIpc) is 3.28. The highest BCUT2D eigenvalue weighted by Crippen LogP contribution is 2.42. The summed E-state index contributed by atoms with van der Waals surface area (Å²) in [4.78, 5) is 24.7. The third-order valence-corrected chi connectivity index (χ3v) is 6.01. The summed E-state index contributed by atoms with van der Waals surface area (Å²) in [5.74, 6) is -1.91. The second kappa shape index (κ2) is 10.7. The van der Waals surface area contributed by atoms with E-state index in [-0.39, 0.29) is 22.7 Å². The molecule has 0 radical (unpaired) electrons. The molecule has 0 spiro atoms. The Hall–Kier alpha value is -5.11. The number of rotatable bonds is 6. The second-order valence-electron chi connectivity index (χ2n) is 8.89. The molecule has 0 unspecified atom stereocenters. The van der Waals surface area contributed by atoms with Crippen molar-refractivity contribution in [1.82, 2.24) is 9.78 Å². The van der Waals surface area contributed by atoms with E-state index in [0.717, 1.165) is 11.6 Å². The molecule has 0 bridgehead atoms. The third-order valence-electron chi connectivity index (χ3n) is 6.01. The van der Waals surface area contributed by atoms with Crippen LogP contribution in [0.5, 0.6) is 5.88 Å². The molecule has 1 heterocycles. The van der Waals surface area contributed by atoms with Crippen molar-refractivity contribution in [3.63, 3.8) is 0 Å². The maximum atomic E-state index is 15.0. The Morgan fingerprint density at radius 1 is 0.872 bits per heavy atom. The number of aromatic nitrogens is 2. The number of esters is 1. The van der Waals surface area contributed by atoms with Crippen molar-refractivity contribution in [3.05, 3.63) is 120 Å². The zero-order chi connectivity index (χ0) is 27.5. The van der Waals surface area contributed by atoms with E-state index < -0.39 is 23.5 Å².